The van der Waals surface area contributed by atoms with Crippen molar-refractivity contribution in [1.29, 1.82) is 0 Å². The van der Waals surface area contributed by atoms with Crippen molar-refractivity contribution in [2.75, 3.05) is 0 Å². The topological polar surface area (TPSA) is 76.9 Å². The Morgan fingerprint density at radius 1 is 1.30 bits per heavy atom. The van der Waals surface area contributed by atoms with Gasteiger partial charge in [0.25, 0.3) is 0 Å². The minimum absolute atomic E-state index is 0.0574. The van der Waals surface area contributed by atoms with Gasteiger partial charge < -0.3 is 5.32 Å². The molecular weight excluding hydrogens is 332 g/mol. The van der Waals surface area contributed by atoms with E-state index < -0.39 is 5.69 Å². The van der Waals surface area contributed by atoms with Gasteiger partial charge in [0.05, 0.1) is 6.04 Å². The van der Waals surface area contributed by atoms with Gasteiger partial charge in [0.2, 0.25) is 5.91 Å². The third kappa shape index (κ3) is 4.11. The first-order valence-electron chi connectivity index (χ1n) is 6.93. The van der Waals surface area contributed by atoms with E-state index in [-0.39, 0.29) is 18.5 Å². The molecule has 3 aromatic rings. The second kappa shape index (κ2) is 7.30. The normalized spacial score (nSPS) is 12.0. The molecule has 0 fully saturated rings. The lowest BCUT2D eigenvalue weighted by atomic mass is 10.1. The molecule has 0 radical (unpaired) electrons. The first-order chi connectivity index (χ1) is 11.2. The van der Waals surface area contributed by atoms with Crippen molar-refractivity contribution in [3.63, 3.8) is 0 Å². The van der Waals surface area contributed by atoms with E-state index in [1.165, 1.54) is 22.1 Å². The van der Waals surface area contributed by atoms with E-state index in [4.69, 9.17) is 0 Å². The summed E-state index contributed by atoms with van der Waals surface area (Å²) in [6.07, 6.45) is 5.35. The van der Waals surface area contributed by atoms with Crippen LogP contribution in [0.15, 0.2) is 51.7 Å². The van der Waals surface area contributed by atoms with Gasteiger partial charge in [-0.15, -0.1) is 11.3 Å². The van der Waals surface area contributed by atoms with E-state index in [0.29, 0.717) is 6.42 Å². The fourth-order valence-corrected chi connectivity index (χ4v) is 3.52. The van der Waals surface area contributed by atoms with Gasteiger partial charge in [-0.25, -0.2) is 14.8 Å². The molecule has 1 N–H and O–H groups in total. The molecule has 0 aromatic carbocycles. The van der Waals surface area contributed by atoms with Crippen LogP contribution in [0.3, 0.4) is 0 Å². The Hall–Kier alpha value is -2.32. The minimum Gasteiger partial charge on any atom is -0.345 e. The average Bonchev–Trinajstić information content (AvgIpc) is 3.22. The van der Waals surface area contributed by atoms with Crippen molar-refractivity contribution in [2.24, 2.45) is 0 Å². The Kier molecular flexibility index (Phi) is 4.94. The number of rotatable bonds is 6. The van der Waals surface area contributed by atoms with Gasteiger partial charge in [0, 0.05) is 30.4 Å². The molecule has 3 aromatic heterocycles. The average molecular weight is 346 g/mol. The number of nitrogens with zero attached hydrogens (tertiary/aromatic N) is 3. The number of carbonyl (C=O) groups is 1. The molecule has 3 heterocycles. The zero-order valence-electron chi connectivity index (χ0n) is 12.1. The molecule has 0 aliphatic carbocycles. The molecule has 0 spiro atoms. The fraction of sp³-hybridized carbons (Fsp3) is 0.200. The van der Waals surface area contributed by atoms with Gasteiger partial charge in [-0.05, 0) is 28.5 Å². The van der Waals surface area contributed by atoms with Crippen LogP contribution < -0.4 is 11.0 Å². The Balaban J connectivity index is 1.72. The Labute approximate surface area is 140 Å². The van der Waals surface area contributed by atoms with E-state index in [9.17, 15) is 9.59 Å². The maximum atomic E-state index is 12.3. The third-order valence-corrected chi connectivity index (χ3v) is 4.82. The number of hydrogen-bond donors (Lipinski definition) is 1. The predicted molar refractivity (Wildman–Crippen MR) is 89.5 cm³/mol. The minimum atomic E-state index is -0.439. The summed E-state index contributed by atoms with van der Waals surface area (Å²) in [4.78, 5) is 31.8. The standard InChI is InChI=1S/C15H14N4O2S2/c20-13(9-19-5-1-3-17-15(19)21)18-12(14-16-4-7-23-14)8-11-2-6-22-10-11/h1-7,10,12H,8-9H2,(H,18,20)/t12-/m0/s1. The van der Waals surface area contributed by atoms with Crippen LogP contribution in [0, 0.1) is 0 Å². The second-order valence-electron chi connectivity index (χ2n) is 4.86. The summed E-state index contributed by atoms with van der Waals surface area (Å²) in [6, 6.07) is 3.45. The number of nitrogens with one attached hydrogen (secondary N) is 1. The van der Waals surface area contributed by atoms with Gasteiger partial charge in [0.1, 0.15) is 11.6 Å². The van der Waals surface area contributed by atoms with Crippen molar-refractivity contribution in [2.45, 2.75) is 19.0 Å². The largest absolute Gasteiger partial charge is 0.347 e. The second-order valence-corrected chi connectivity index (χ2v) is 6.56. The number of aromatic nitrogens is 3. The molecule has 0 saturated heterocycles. The summed E-state index contributed by atoms with van der Waals surface area (Å²) in [6.45, 7) is -0.0574. The maximum Gasteiger partial charge on any atom is 0.347 e. The van der Waals surface area contributed by atoms with Gasteiger partial charge >= 0.3 is 5.69 Å². The zero-order valence-corrected chi connectivity index (χ0v) is 13.7. The Morgan fingerprint density at radius 2 is 2.22 bits per heavy atom. The van der Waals surface area contributed by atoms with Crippen LogP contribution in [0.5, 0.6) is 0 Å². The molecule has 0 aliphatic heterocycles. The summed E-state index contributed by atoms with van der Waals surface area (Å²) in [5.41, 5.74) is 0.709. The van der Waals surface area contributed by atoms with Crippen LogP contribution >= 0.6 is 22.7 Å². The van der Waals surface area contributed by atoms with Crippen molar-refractivity contribution in [3.8, 4) is 0 Å². The van der Waals surface area contributed by atoms with Crippen LogP contribution in [0.1, 0.15) is 16.6 Å². The number of amides is 1. The lowest BCUT2D eigenvalue weighted by Crippen LogP contribution is -2.35. The van der Waals surface area contributed by atoms with Gasteiger partial charge in [-0.3, -0.25) is 9.36 Å². The fourth-order valence-electron chi connectivity index (χ4n) is 2.15. The van der Waals surface area contributed by atoms with Crippen molar-refractivity contribution in [3.05, 3.63) is 67.9 Å². The van der Waals surface area contributed by atoms with Gasteiger partial charge in [-0.1, -0.05) is 0 Å². The van der Waals surface area contributed by atoms with Crippen LogP contribution in [0.4, 0.5) is 0 Å². The first kappa shape index (κ1) is 15.6. The summed E-state index contributed by atoms with van der Waals surface area (Å²) in [5, 5.41) is 9.75. The molecular formula is C15H14N4O2S2. The first-order valence-corrected chi connectivity index (χ1v) is 8.76. The molecule has 8 heteroatoms. The molecule has 6 nitrogen and oxygen atoms in total. The highest BCUT2D eigenvalue weighted by Gasteiger charge is 2.18. The number of thiazole rings is 1. The smallest absolute Gasteiger partial charge is 0.345 e. The van der Waals surface area contributed by atoms with Crippen LogP contribution in [-0.2, 0) is 17.8 Å². The molecule has 0 bridgehead atoms. The lowest BCUT2D eigenvalue weighted by Gasteiger charge is -2.16. The molecule has 1 amide bonds. The number of carbonyl (C=O) groups excluding carboxylic acids is 1. The molecule has 1 atom stereocenters. The molecule has 0 aliphatic rings. The predicted octanol–water partition coefficient (Wildman–Crippen LogP) is 1.86. The summed E-state index contributed by atoms with van der Waals surface area (Å²) in [5.74, 6) is -0.240. The van der Waals surface area contributed by atoms with E-state index in [2.05, 4.69) is 20.7 Å². The van der Waals surface area contributed by atoms with Gasteiger partial charge in [-0.2, -0.15) is 11.3 Å². The lowest BCUT2D eigenvalue weighted by molar-refractivity contribution is -0.122. The van der Waals surface area contributed by atoms with E-state index in [1.54, 1.807) is 29.8 Å². The monoisotopic (exact) mass is 346 g/mol. The molecule has 0 saturated carbocycles. The highest BCUT2D eigenvalue weighted by atomic mass is 32.1. The highest BCUT2D eigenvalue weighted by Crippen LogP contribution is 2.21. The Morgan fingerprint density at radius 3 is 2.91 bits per heavy atom. The molecule has 3 rings (SSSR count). The summed E-state index contributed by atoms with van der Waals surface area (Å²) < 4.78 is 1.28. The third-order valence-electron chi connectivity index (χ3n) is 3.20. The molecule has 0 unspecified atom stereocenters. The SMILES string of the molecule is O=C(Cn1cccnc1=O)N[C@@H](Cc1ccsc1)c1nccs1. The van der Waals surface area contributed by atoms with E-state index >= 15 is 0 Å². The Bertz CT molecular complexity index is 812. The number of hydrogen-bond acceptors (Lipinski definition) is 6. The molecule has 23 heavy (non-hydrogen) atoms. The zero-order chi connectivity index (χ0) is 16.1. The highest BCUT2D eigenvalue weighted by molar-refractivity contribution is 7.09. The van der Waals surface area contributed by atoms with E-state index in [0.717, 1.165) is 10.6 Å². The number of thiophene rings is 1. The van der Waals surface area contributed by atoms with Gasteiger partial charge in [0.15, 0.2) is 0 Å². The maximum absolute atomic E-state index is 12.3. The quantitative estimate of drug-likeness (QED) is 0.739. The van der Waals surface area contributed by atoms with Crippen LogP contribution in [0.2, 0.25) is 0 Å². The molecule has 118 valence electrons. The van der Waals surface area contributed by atoms with Crippen molar-refractivity contribution in [1.82, 2.24) is 19.9 Å². The van der Waals surface area contributed by atoms with Crippen LogP contribution in [0.25, 0.3) is 0 Å². The van der Waals surface area contributed by atoms with E-state index in [1.807, 2.05) is 16.8 Å². The summed E-state index contributed by atoms with van der Waals surface area (Å²) >= 11 is 3.12. The van der Waals surface area contributed by atoms with Crippen molar-refractivity contribution < 1.29 is 4.79 Å². The summed E-state index contributed by atoms with van der Waals surface area (Å²) in [7, 11) is 0. The van der Waals surface area contributed by atoms with Crippen molar-refractivity contribution >= 4 is 28.6 Å². The van der Waals surface area contributed by atoms with Crippen LogP contribution in [-0.4, -0.2) is 20.4 Å².